The van der Waals surface area contributed by atoms with E-state index in [2.05, 4.69) is 0 Å². The molecule has 0 N–H and O–H groups in total. The van der Waals surface area contributed by atoms with E-state index in [0.29, 0.717) is 0 Å². The molecule has 0 saturated carbocycles. The molecule has 1 rings (SSSR count). The topological polar surface area (TPSA) is 34.1 Å². The van der Waals surface area contributed by atoms with E-state index in [0.717, 1.165) is 16.7 Å². The van der Waals surface area contributed by atoms with E-state index >= 15 is 0 Å². The largest absolute Gasteiger partial charge is 0.236 e. The van der Waals surface area contributed by atoms with Crippen LogP contribution in [0.2, 0.25) is 0 Å². The van der Waals surface area contributed by atoms with Gasteiger partial charge in [-0.3, -0.25) is 0 Å². The van der Waals surface area contributed by atoms with Gasteiger partial charge in [0, 0.05) is 10.7 Å². The van der Waals surface area contributed by atoms with E-state index < -0.39 is 9.05 Å². The van der Waals surface area contributed by atoms with Crippen LogP contribution in [0.1, 0.15) is 22.3 Å². The lowest BCUT2D eigenvalue weighted by atomic mass is 10.0. The summed E-state index contributed by atoms with van der Waals surface area (Å²) in [6.07, 6.45) is 0. The van der Waals surface area contributed by atoms with Crippen molar-refractivity contribution >= 4 is 19.7 Å². The molecule has 0 unspecified atom stereocenters. The maximum Gasteiger partial charge on any atom is 0.236 e. The second-order valence-electron chi connectivity index (χ2n) is 3.55. The molecule has 0 aromatic heterocycles. The van der Waals surface area contributed by atoms with Crippen LogP contribution in [0.15, 0.2) is 12.1 Å². The van der Waals surface area contributed by atoms with Gasteiger partial charge in [0.05, 0.1) is 5.75 Å². The summed E-state index contributed by atoms with van der Waals surface area (Å²) >= 11 is 0. The third-order valence-corrected chi connectivity index (χ3v) is 3.26. The summed E-state index contributed by atoms with van der Waals surface area (Å²) in [4.78, 5) is 0. The molecular weight excluding hydrogens is 220 g/mol. The first-order valence-electron chi connectivity index (χ1n) is 4.28. The molecule has 0 fully saturated rings. The molecule has 4 heteroatoms. The van der Waals surface area contributed by atoms with E-state index in [4.69, 9.17) is 10.7 Å². The normalized spacial score (nSPS) is 11.7. The number of benzene rings is 1. The predicted octanol–water partition coefficient (Wildman–Crippen LogP) is 2.68. The van der Waals surface area contributed by atoms with E-state index in [1.165, 1.54) is 5.56 Å². The molecule has 1 aromatic carbocycles. The first kappa shape index (κ1) is 11.5. The van der Waals surface area contributed by atoms with Crippen molar-refractivity contribution in [2.45, 2.75) is 26.5 Å². The summed E-state index contributed by atoms with van der Waals surface area (Å²) in [6, 6.07) is 3.86. The fraction of sp³-hybridized carbons (Fsp3) is 0.400. The van der Waals surface area contributed by atoms with Crippen molar-refractivity contribution in [2.24, 2.45) is 0 Å². The Hall–Kier alpha value is -0.540. The summed E-state index contributed by atoms with van der Waals surface area (Å²) in [5, 5.41) is 0. The molecular formula is C10H13ClO2S. The first-order valence-corrected chi connectivity index (χ1v) is 6.76. The summed E-state index contributed by atoms with van der Waals surface area (Å²) < 4.78 is 21.8. The van der Waals surface area contributed by atoms with Crippen molar-refractivity contribution in [3.05, 3.63) is 34.4 Å². The zero-order chi connectivity index (χ0) is 10.9. The minimum Gasteiger partial charge on any atom is -0.212 e. The van der Waals surface area contributed by atoms with E-state index in [-0.39, 0.29) is 5.75 Å². The highest BCUT2D eigenvalue weighted by atomic mass is 35.7. The molecule has 78 valence electrons. The molecule has 0 spiro atoms. The summed E-state index contributed by atoms with van der Waals surface area (Å²) in [5.74, 6) is -0.0957. The Morgan fingerprint density at radius 1 is 1.07 bits per heavy atom. The Morgan fingerprint density at radius 3 is 2.07 bits per heavy atom. The van der Waals surface area contributed by atoms with Gasteiger partial charge < -0.3 is 0 Å². The van der Waals surface area contributed by atoms with Crippen LogP contribution < -0.4 is 0 Å². The SMILES string of the molecule is Cc1cc(C)c(CS(=O)(=O)Cl)cc1C. The molecule has 0 amide bonds. The second kappa shape index (κ2) is 3.91. The van der Waals surface area contributed by atoms with Gasteiger partial charge in [0.15, 0.2) is 0 Å². The van der Waals surface area contributed by atoms with Gasteiger partial charge in [-0.1, -0.05) is 12.1 Å². The van der Waals surface area contributed by atoms with Gasteiger partial charge in [0.1, 0.15) is 0 Å². The van der Waals surface area contributed by atoms with Gasteiger partial charge >= 0.3 is 0 Å². The van der Waals surface area contributed by atoms with Crippen molar-refractivity contribution < 1.29 is 8.42 Å². The Labute approximate surface area is 89.3 Å². The molecule has 0 aliphatic rings. The smallest absolute Gasteiger partial charge is 0.212 e. The van der Waals surface area contributed by atoms with Crippen LogP contribution in [0.3, 0.4) is 0 Å². The highest BCUT2D eigenvalue weighted by Crippen LogP contribution is 2.18. The molecule has 0 saturated heterocycles. The van der Waals surface area contributed by atoms with Crippen LogP contribution in [0, 0.1) is 20.8 Å². The fourth-order valence-corrected chi connectivity index (χ4v) is 2.40. The van der Waals surface area contributed by atoms with Crippen molar-refractivity contribution in [3.8, 4) is 0 Å². The van der Waals surface area contributed by atoms with Gasteiger partial charge in [-0.05, 0) is 43.0 Å². The first-order chi connectivity index (χ1) is 6.29. The van der Waals surface area contributed by atoms with E-state index in [1.807, 2.05) is 32.9 Å². The Bertz CT molecular complexity index is 449. The fourth-order valence-electron chi connectivity index (χ4n) is 1.36. The minimum absolute atomic E-state index is 0.0957. The van der Waals surface area contributed by atoms with Crippen molar-refractivity contribution in [1.82, 2.24) is 0 Å². The summed E-state index contributed by atoms with van der Waals surface area (Å²) in [7, 11) is 1.75. The van der Waals surface area contributed by atoms with Crippen LogP contribution in [0.5, 0.6) is 0 Å². The van der Waals surface area contributed by atoms with E-state index in [9.17, 15) is 8.42 Å². The number of hydrogen-bond acceptors (Lipinski definition) is 2. The van der Waals surface area contributed by atoms with Crippen molar-refractivity contribution in [3.63, 3.8) is 0 Å². The minimum atomic E-state index is -3.46. The van der Waals surface area contributed by atoms with Crippen LogP contribution in [-0.4, -0.2) is 8.42 Å². The number of rotatable bonds is 2. The second-order valence-corrected chi connectivity index (χ2v) is 6.32. The maximum atomic E-state index is 10.9. The molecule has 14 heavy (non-hydrogen) atoms. The molecule has 2 nitrogen and oxygen atoms in total. The molecule has 1 aromatic rings. The van der Waals surface area contributed by atoms with Gasteiger partial charge in [-0.2, -0.15) is 0 Å². The lowest BCUT2D eigenvalue weighted by Gasteiger charge is -2.07. The average Bonchev–Trinajstić information content (AvgIpc) is 1.97. The lowest BCUT2D eigenvalue weighted by Crippen LogP contribution is -1.99. The Kier molecular flexibility index (Phi) is 3.22. The molecule has 0 atom stereocenters. The predicted molar refractivity (Wildman–Crippen MR) is 59.1 cm³/mol. The third kappa shape index (κ3) is 3.00. The third-order valence-electron chi connectivity index (χ3n) is 2.28. The van der Waals surface area contributed by atoms with Gasteiger partial charge in [0.25, 0.3) is 0 Å². The van der Waals surface area contributed by atoms with Crippen molar-refractivity contribution in [2.75, 3.05) is 0 Å². The van der Waals surface area contributed by atoms with Crippen molar-refractivity contribution in [1.29, 1.82) is 0 Å². The van der Waals surface area contributed by atoms with Crippen LogP contribution in [0.4, 0.5) is 0 Å². The van der Waals surface area contributed by atoms with Gasteiger partial charge in [-0.15, -0.1) is 0 Å². The van der Waals surface area contributed by atoms with Crippen LogP contribution in [0.25, 0.3) is 0 Å². The summed E-state index contributed by atoms with van der Waals surface area (Å²) in [5.41, 5.74) is 4.00. The van der Waals surface area contributed by atoms with Gasteiger partial charge in [0.2, 0.25) is 9.05 Å². The highest BCUT2D eigenvalue weighted by Gasteiger charge is 2.10. The average molecular weight is 233 g/mol. The Balaban J connectivity index is 3.17. The number of aryl methyl sites for hydroxylation is 3. The van der Waals surface area contributed by atoms with Crippen LogP contribution >= 0.6 is 10.7 Å². The lowest BCUT2D eigenvalue weighted by molar-refractivity contribution is 0.608. The standard InChI is InChI=1S/C10H13ClO2S/c1-7-4-9(3)10(5-8(7)2)6-14(11,12)13/h4-5H,6H2,1-3H3. The molecule has 0 aliphatic heterocycles. The maximum absolute atomic E-state index is 10.9. The number of halogens is 1. The van der Waals surface area contributed by atoms with Crippen LogP contribution in [-0.2, 0) is 14.8 Å². The highest BCUT2D eigenvalue weighted by molar-refractivity contribution is 8.13. The Morgan fingerprint density at radius 2 is 1.57 bits per heavy atom. The van der Waals surface area contributed by atoms with Gasteiger partial charge in [-0.25, -0.2) is 8.42 Å². The summed E-state index contributed by atoms with van der Waals surface area (Å²) in [6.45, 7) is 5.85. The zero-order valence-corrected chi connectivity index (χ0v) is 10.0. The number of hydrogen-bond donors (Lipinski definition) is 0. The quantitative estimate of drug-likeness (QED) is 0.735. The molecule has 0 bridgehead atoms. The van der Waals surface area contributed by atoms with E-state index in [1.54, 1.807) is 0 Å². The molecule has 0 heterocycles. The zero-order valence-electron chi connectivity index (χ0n) is 8.46. The molecule has 0 radical (unpaired) electrons. The monoisotopic (exact) mass is 232 g/mol. The molecule has 0 aliphatic carbocycles.